The fourth-order valence-corrected chi connectivity index (χ4v) is 1.19. The number of rotatable bonds is 3. The Labute approximate surface area is 84.9 Å². The lowest BCUT2D eigenvalue weighted by atomic mass is 10.4. The van der Waals surface area contributed by atoms with Gasteiger partial charge in [-0.1, -0.05) is 5.21 Å². The third kappa shape index (κ3) is 2.01. The Balaban J connectivity index is 2.14. The molecule has 0 spiro atoms. The standard InChI is InChI=1S/C8H9N5O2/c1-12-3-2-6(10-12)4-13-5-7(8(14)15)9-11-13/h2-3,5H,4H2,1H3,(H,14,15). The van der Waals surface area contributed by atoms with E-state index in [1.807, 2.05) is 19.3 Å². The van der Waals surface area contributed by atoms with Crippen molar-refractivity contribution in [3.05, 3.63) is 29.8 Å². The van der Waals surface area contributed by atoms with Gasteiger partial charge in [-0.15, -0.1) is 5.10 Å². The lowest BCUT2D eigenvalue weighted by Crippen LogP contribution is -2.02. The quantitative estimate of drug-likeness (QED) is 0.750. The van der Waals surface area contributed by atoms with Gasteiger partial charge in [-0.25, -0.2) is 9.48 Å². The van der Waals surface area contributed by atoms with E-state index in [1.165, 1.54) is 10.9 Å². The van der Waals surface area contributed by atoms with Crippen molar-refractivity contribution in [1.82, 2.24) is 24.8 Å². The number of aryl methyl sites for hydroxylation is 1. The molecule has 7 heteroatoms. The third-order valence-electron chi connectivity index (χ3n) is 1.85. The first-order chi connectivity index (χ1) is 7.15. The average Bonchev–Trinajstić information content (AvgIpc) is 2.76. The molecule has 0 aliphatic carbocycles. The number of aromatic nitrogens is 5. The summed E-state index contributed by atoms with van der Waals surface area (Å²) in [4.78, 5) is 10.5. The van der Waals surface area contributed by atoms with Crippen LogP contribution in [0, 0.1) is 0 Å². The second-order valence-corrected chi connectivity index (χ2v) is 3.09. The van der Waals surface area contributed by atoms with Crippen LogP contribution in [0.3, 0.4) is 0 Å². The summed E-state index contributed by atoms with van der Waals surface area (Å²) in [6.07, 6.45) is 3.18. The first-order valence-corrected chi connectivity index (χ1v) is 4.27. The van der Waals surface area contributed by atoms with Crippen LogP contribution in [0.5, 0.6) is 0 Å². The van der Waals surface area contributed by atoms with Gasteiger partial charge in [-0.2, -0.15) is 5.10 Å². The van der Waals surface area contributed by atoms with Crippen molar-refractivity contribution in [3.8, 4) is 0 Å². The van der Waals surface area contributed by atoms with Crippen LogP contribution in [-0.2, 0) is 13.6 Å². The molecule has 2 heterocycles. The van der Waals surface area contributed by atoms with Crippen molar-refractivity contribution < 1.29 is 9.90 Å². The first kappa shape index (κ1) is 9.38. The van der Waals surface area contributed by atoms with Crippen LogP contribution < -0.4 is 0 Å². The molecule has 0 unspecified atom stereocenters. The van der Waals surface area contributed by atoms with E-state index in [0.29, 0.717) is 6.54 Å². The minimum Gasteiger partial charge on any atom is -0.476 e. The number of carboxylic acids is 1. The van der Waals surface area contributed by atoms with Crippen LogP contribution in [0.25, 0.3) is 0 Å². The van der Waals surface area contributed by atoms with Gasteiger partial charge in [0.05, 0.1) is 18.4 Å². The Bertz CT molecular complexity index is 487. The maximum Gasteiger partial charge on any atom is 0.358 e. The van der Waals surface area contributed by atoms with Gasteiger partial charge in [0.1, 0.15) is 0 Å². The van der Waals surface area contributed by atoms with Crippen LogP contribution >= 0.6 is 0 Å². The molecule has 0 aliphatic rings. The Kier molecular flexibility index (Phi) is 2.20. The highest BCUT2D eigenvalue weighted by molar-refractivity contribution is 5.84. The molecule has 0 aliphatic heterocycles. The largest absolute Gasteiger partial charge is 0.476 e. The van der Waals surface area contributed by atoms with Crippen LogP contribution in [0.15, 0.2) is 18.5 Å². The topological polar surface area (TPSA) is 85.8 Å². The number of carboxylic acid groups (broad SMARTS) is 1. The molecule has 2 aromatic rings. The molecular formula is C8H9N5O2. The van der Waals surface area contributed by atoms with E-state index in [2.05, 4.69) is 15.4 Å². The van der Waals surface area contributed by atoms with E-state index in [4.69, 9.17) is 5.11 Å². The van der Waals surface area contributed by atoms with E-state index in [0.717, 1.165) is 5.69 Å². The average molecular weight is 207 g/mol. The number of nitrogens with zero attached hydrogens (tertiary/aromatic N) is 5. The second-order valence-electron chi connectivity index (χ2n) is 3.09. The monoisotopic (exact) mass is 207 g/mol. The highest BCUT2D eigenvalue weighted by atomic mass is 16.4. The zero-order valence-electron chi connectivity index (χ0n) is 8.03. The Hall–Kier alpha value is -2.18. The molecule has 7 nitrogen and oxygen atoms in total. The number of hydrogen-bond acceptors (Lipinski definition) is 4. The molecule has 0 saturated carbocycles. The molecular weight excluding hydrogens is 198 g/mol. The summed E-state index contributed by atoms with van der Waals surface area (Å²) in [6, 6.07) is 1.84. The minimum absolute atomic E-state index is 0.0640. The Morgan fingerprint density at radius 2 is 2.40 bits per heavy atom. The summed E-state index contributed by atoms with van der Waals surface area (Å²) in [6.45, 7) is 0.418. The zero-order valence-corrected chi connectivity index (χ0v) is 8.03. The van der Waals surface area contributed by atoms with E-state index >= 15 is 0 Å². The fourth-order valence-electron chi connectivity index (χ4n) is 1.19. The molecule has 0 radical (unpaired) electrons. The van der Waals surface area contributed by atoms with Crippen LogP contribution in [-0.4, -0.2) is 35.9 Å². The Morgan fingerprint density at radius 1 is 1.60 bits per heavy atom. The van der Waals surface area contributed by atoms with Gasteiger partial charge in [-0.3, -0.25) is 4.68 Å². The van der Waals surface area contributed by atoms with Crippen molar-refractivity contribution in [2.75, 3.05) is 0 Å². The Morgan fingerprint density at radius 3 is 2.93 bits per heavy atom. The van der Waals surface area contributed by atoms with Crippen molar-refractivity contribution >= 4 is 5.97 Å². The van der Waals surface area contributed by atoms with E-state index in [9.17, 15) is 4.79 Å². The molecule has 1 N–H and O–H groups in total. The lowest BCUT2D eigenvalue weighted by Gasteiger charge is -1.94. The number of carbonyl (C=O) groups is 1. The molecule has 78 valence electrons. The zero-order chi connectivity index (χ0) is 10.8. The first-order valence-electron chi connectivity index (χ1n) is 4.27. The molecule has 0 amide bonds. The van der Waals surface area contributed by atoms with Crippen molar-refractivity contribution in [2.24, 2.45) is 7.05 Å². The third-order valence-corrected chi connectivity index (χ3v) is 1.85. The molecule has 0 saturated heterocycles. The summed E-state index contributed by atoms with van der Waals surface area (Å²) in [5, 5.41) is 19.9. The maximum atomic E-state index is 10.5. The fraction of sp³-hybridized carbons (Fsp3) is 0.250. The highest BCUT2D eigenvalue weighted by Gasteiger charge is 2.08. The van der Waals surface area contributed by atoms with E-state index in [-0.39, 0.29) is 5.69 Å². The summed E-state index contributed by atoms with van der Waals surface area (Å²) < 4.78 is 3.11. The summed E-state index contributed by atoms with van der Waals surface area (Å²) in [5.41, 5.74) is 0.741. The summed E-state index contributed by atoms with van der Waals surface area (Å²) in [5.74, 6) is -1.08. The molecule has 0 aromatic carbocycles. The van der Waals surface area contributed by atoms with Crippen LogP contribution in [0.1, 0.15) is 16.2 Å². The minimum atomic E-state index is -1.08. The van der Waals surface area contributed by atoms with Crippen molar-refractivity contribution in [1.29, 1.82) is 0 Å². The molecule has 15 heavy (non-hydrogen) atoms. The van der Waals surface area contributed by atoms with Crippen molar-refractivity contribution in [3.63, 3.8) is 0 Å². The summed E-state index contributed by atoms with van der Waals surface area (Å²) in [7, 11) is 1.81. The van der Waals surface area contributed by atoms with E-state index < -0.39 is 5.97 Å². The van der Waals surface area contributed by atoms with Crippen LogP contribution in [0.4, 0.5) is 0 Å². The van der Waals surface area contributed by atoms with Crippen LogP contribution in [0.2, 0.25) is 0 Å². The van der Waals surface area contributed by atoms with Gasteiger partial charge in [0.15, 0.2) is 5.69 Å². The van der Waals surface area contributed by atoms with Crippen molar-refractivity contribution in [2.45, 2.75) is 6.54 Å². The van der Waals surface area contributed by atoms with Gasteiger partial charge in [0.25, 0.3) is 0 Å². The van der Waals surface area contributed by atoms with E-state index in [1.54, 1.807) is 4.68 Å². The van der Waals surface area contributed by atoms with Gasteiger partial charge < -0.3 is 5.11 Å². The predicted molar refractivity (Wildman–Crippen MR) is 49.3 cm³/mol. The number of hydrogen-bond donors (Lipinski definition) is 1. The lowest BCUT2D eigenvalue weighted by molar-refractivity contribution is 0.0690. The molecule has 2 rings (SSSR count). The van der Waals surface area contributed by atoms with Gasteiger partial charge >= 0.3 is 5.97 Å². The van der Waals surface area contributed by atoms with Gasteiger partial charge in [0.2, 0.25) is 0 Å². The van der Waals surface area contributed by atoms with Gasteiger partial charge in [-0.05, 0) is 6.07 Å². The molecule has 2 aromatic heterocycles. The molecule has 0 atom stereocenters. The SMILES string of the molecule is Cn1ccc(Cn2cc(C(=O)O)nn2)n1. The second kappa shape index (κ2) is 3.52. The predicted octanol–water partition coefficient (Wildman–Crippen LogP) is -0.242. The normalized spacial score (nSPS) is 10.5. The molecule has 0 bridgehead atoms. The maximum absolute atomic E-state index is 10.5. The highest BCUT2D eigenvalue weighted by Crippen LogP contribution is 1.99. The van der Waals surface area contributed by atoms with Gasteiger partial charge in [0, 0.05) is 13.2 Å². The molecule has 0 fully saturated rings. The summed E-state index contributed by atoms with van der Waals surface area (Å²) >= 11 is 0. The smallest absolute Gasteiger partial charge is 0.358 e. The number of aromatic carboxylic acids is 1.